The maximum atomic E-state index is 13.5. The number of allylic oxidation sites excluding steroid dienone is 9. The van der Waals surface area contributed by atoms with Gasteiger partial charge < -0.3 is 60.2 Å². The van der Waals surface area contributed by atoms with Crippen LogP contribution in [0, 0.1) is 5.41 Å². The van der Waals surface area contributed by atoms with E-state index in [1.165, 1.54) is 22.8 Å². The molecule has 4 aliphatic heterocycles. The fraction of sp³-hybridized carbons (Fsp3) is 0.455. The van der Waals surface area contributed by atoms with Crippen LogP contribution in [0.4, 0.5) is 22.0 Å². The summed E-state index contributed by atoms with van der Waals surface area (Å²) in [7, 11) is -20.4. The third kappa shape index (κ3) is 17.1. The number of alkyl carbamates (subject to hydrolysis) is 1. The number of carbonyl (C=O) groups is 2. The van der Waals surface area contributed by atoms with Crippen LogP contribution in [0.1, 0.15) is 104 Å². The maximum absolute atomic E-state index is 13.5. The monoisotopic (exact) mass is 1380 g/mol. The van der Waals surface area contributed by atoms with Gasteiger partial charge in [-0.3, -0.25) is 23.0 Å². The normalized spacial score (nSPS) is 22.7. The quantitative estimate of drug-likeness (QED) is 0.0109. The molecule has 4 aromatic rings. The number of likely N-dealkylation sites (N-methyl/N-ethyl adjacent to an activating group) is 1. The maximum Gasteiger partial charge on any atom is 0.488 e. The van der Waals surface area contributed by atoms with Gasteiger partial charge >= 0.3 is 28.5 Å². The lowest BCUT2D eigenvalue weighted by atomic mass is 9.75. The predicted octanol–water partition coefficient (Wildman–Crippen LogP) is 6.63. The molecule has 11 N–H and O–H groups in total. The summed E-state index contributed by atoms with van der Waals surface area (Å²) >= 11 is 4.10. The number of amides is 2. The molecule has 0 saturated carbocycles. The zero-order valence-electron chi connectivity index (χ0n) is 50.6. The summed E-state index contributed by atoms with van der Waals surface area (Å²) in [5, 5.41) is 16.5. The molecule has 496 valence electrons. The number of nitrogens with zero attached hydrogens (tertiary/aromatic N) is 6. The Bertz CT molecular complexity index is 4100. The van der Waals surface area contributed by atoms with E-state index in [1.54, 1.807) is 12.2 Å². The van der Waals surface area contributed by atoms with E-state index in [4.69, 9.17) is 24.5 Å². The first kappa shape index (κ1) is 70.9. The van der Waals surface area contributed by atoms with Crippen molar-refractivity contribution < 1.29 is 101 Å². The summed E-state index contributed by atoms with van der Waals surface area (Å²) in [6.45, 7) is 11.1. The second-order valence-electron chi connectivity index (χ2n) is 23.5. The van der Waals surface area contributed by atoms with Gasteiger partial charge in [-0.2, -0.15) is 25.7 Å². The number of ether oxygens (including phenoxy) is 3. The second-order valence-corrected chi connectivity index (χ2v) is 32.3. The van der Waals surface area contributed by atoms with Crippen molar-refractivity contribution in [1.29, 1.82) is 0 Å². The van der Waals surface area contributed by atoms with Crippen molar-refractivity contribution in [3.8, 4) is 5.75 Å². The van der Waals surface area contributed by atoms with E-state index in [0.717, 1.165) is 58.7 Å². The second kappa shape index (κ2) is 27.2. The highest BCUT2D eigenvalue weighted by Crippen LogP contribution is 2.66. The number of aromatic nitrogens is 4. The molecule has 36 heteroatoms. The van der Waals surface area contributed by atoms with Gasteiger partial charge in [0, 0.05) is 78.5 Å². The van der Waals surface area contributed by atoms with E-state index in [0.29, 0.717) is 17.0 Å². The number of anilines is 2. The molecule has 0 spiro atoms. The molecule has 0 radical (unpaired) electrons. The highest BCUT2D eigenvalue weighted by Gasteiger charge is 2.51. The SMILES string of the molecule is CCN1c2cc3c(cc2C(C)=CC1(C)C)C(=CC=CC=CC1=[N+](CCCS(=O)(=O)O)c2ccc(S(=O)(=O)O)cc2C1(C)CCCC(=O)NCCNC(=O)O[C@@H]1[C@H](O)[C@@H](COP(=O)(O)OP(=O)(O)OP(O)(O)=S)O[C@H]1n1cnc2c(N)ncnc21)C=C(C(C)(C)C)O3. The number of benzene rings is 2. The fourth-order valence-corrected chi connectivity index (χ4v) is 16.1. The molecule has 1 fully saturated rings. The van der Waals surface area contributed by atoms with Crippen molar-refractivity contribution >= 4 is 112 Å². The third-order valence-corrected chi connectivity index (χ3v) is 21.4. The average Bonchev–Trinajstić information content (AvgIpc) is 1.73. The van der Waals surface area contributed by atoms with Gasteiger partial charge in [-0.25, -0.2) is 33.2 Å². The Kier molecular flexibility index (Phi) is 21.2. The number of aliphatic hydroxyl groups is 1. The Morgan fingerprint density at radius 2 is 1.66 bits per heavy atom. The van der Waals surface area contributed by atoms with E-state index < -0.39 is 102 Å². The van der Waals surface area contributed by atoms with Crippen LogP contribution in [0.5, 0.6) is 5.75 Å². The molecule has 0 aliphatic carbocycles. The van der Waals surface area contributed by atoms with Crippen LogP contribution in [-0.2, 0) is 74.0 Å². The number of hydrogen-bond acceptors (Lipinski definition) is 21. The number of hydrogen-bond donors (Lipinski definition) is 10. The van der Waals surface area contributed by atoms with Crippen molar-refractivity contribution in [1.82, 2.24) is 30.2 Å². The third-order valence-electron chi connectivity index (χ3n) is 15.3. The van der Waals surface area contributed by atoms with E-state index in [9.17, 15) is 69.3 Å². The Labute approximate surface area is 530 Å². The van der Waals surface area contributed by atoms with Gasteiger partial charge in [-0.1, -0.05) is 51.2 Å². The molecule has 0 bridgehead atoms. The molecule has 2 aromatic heterocycles. The van der Waals surface area contributed by atoms with Gasteiger partial charge in [0.15, 0.2) is 29.5 Å². The van der Waals surface area contributed by atoms with Crippen molar-refractivity contribution in [3.05, 3.63) is 108 Å². The van der Waals surface area contributed by atoms with Gasteiger partial charge in [0.25, 0.3) is 20.2 Å². The van der Waals surface area contributed by atoms with Crippen LogP contribution >= 0.6 is 22.4 Å². The number of carbonyl (C=O) groups excluding carboxylic acids is 2. The highest BCUT2D eigenvalue weighted by molar-refractivity contribution is 8.08. The largest absolute Gasteiger partial charge is 0.488 e. The Hall–Kier alpha value is -5.93. The Morgan fingerprint density at radius 1 is 0.945 bits per heavy atom. The molecule has 1 saturated heterocycles. The average molecular weight is 1390 g/mol. The van der Waals surface area contributed by atoms with Crippen molar-refractivity contribution in [2.24, 2.45) is 5.41 Å². The van der Waals surface area contributed by atoms with E-state index in [-0.39, 0.29) is 73.3 Å². The minimum absolute atomic E-state index is 0.0274. The number of aliphatic hydroxyl groups excluding tert-OH is 1. The summed E-state index contributed by atoms with van der Waals surface area (Å²) in [6.07, 6.45) is 8.10. The summed E-state index contributed by atoms with van der Waals surface area (Å²) in [5.74, 6) is 0.378. The van der Waals surface area contributed by atoms with Crippen LogP contribution in [-0.4, -0.2) is 155 Å². The zero-order chi connectivity index (χ0) is 67.0. The number of phosphoric acid groups is 2. The lowest BCUT2D eigenvalue weighted by molar-refractivity contribution is -0.437. The molecular formula is C55H73N9O21P3S3+. The summed E-state index contributed by atoms with van der Waals surface area (Å²) in [4.78, 5) is 79.2. The van der Waals surface area contributed by atoms with E-state index >= 15 is 0 Å². The molecule has 30 nitrogen and oxygen atoms in total. The molecule has 6 heterocycles. The number of phosphoric ester groups is 1. The first-order valence-electron chi connectivity index (χ1n) is 28.3. The van der Waals surface area contributed by atoms with Gasteiger partial charge in [-0.15, -0.1) is 0 Å². The number of imidazole rings is 1. The molecule has 4 aliphatic rings. The van der Waals surface area contributed by atoms with Crippen LogP contribution in [0.2, 0.25) is 0 Å². The zero-order valence-corrected chi connectivity index (χ0v) is 55.8. The van der Waals surface area contributed by atoms with Crippen molar-refractivity contribution in [3.63, 3.8) is 0 Å². The smallest absolute Gasteiger partial charge is 0.460 e. The summed E-state index contributed by atoms with van der Waals surface area (Å²) < 4.78 is 127. The molecule has 91 heavy (non-hydrogen) atoms. The molecule has 7 atom stereocenters. The Balaban J connectivity index is 0.967. The minimum atomic E-state index is -5.71. The summed E-state index contributed by atoms with van der Waals surface area (Å²) in [5.41, 5.74) is 11.0. The molecule has 2 amide bonds. The number of nitrogens with one attached hydrogen (secondary N) is 2. The van der Waals surface area contributed by atoms with Crippen LogP contribution < -0.4 is 26.0 Å². The van der Waals surface area contributed by atoms with Gasteiger partial charge in [0.1, 0.15) is 42.1 Å². The number of fused-ring (bicyclic) bond motifs is 4. The van der Waals surface area contributed by atoms with Gasteiger partial charge in [0.05, 0.1) is 34.5 Å². The fourth-order valence-electron chi connectivity index (χ4n) is 11.3. The number of rotatable bonds is 25. The first-order chi connectivity index (χ1) is 42.2. The molecule has 8 rings (SSSR count). The minimum Gasteiger partial charge on any atom is -0.460 e. The summed E-state index contributed by atoms with van der Waals surface area (Å²) in [6, 6.07) is 8.32. The van der Waals surface area contributed by atoms with E-state index in [2.05, 4.69) is 118 Å². The molecule has 3 unspecified atom stereocenters. The van der Waals surface area contributed by atoms with Crippen molar-refractivity contribution in [2.45, 2.75) is 121 Å². The van der Waals surface area contributed by atoms with Crippen LogP contribution in [0.3, 0.4) is 0 Å². The highest BCUT2D eigenvalue weighted by atomic mass is 32.5. The van der Waals surface area contributed by atoms with Gasteiger partial charge in [-0.05, 0) is 94.7 Å². The molecular weight excluding hydrogens is 1310 g/mol. The van der Waals surface area contributed by atoms with E-state index in [1.807, 2.05) is 35.8 Å². The number of nitrogens with two attached hydrogens (primary N) is 1. The lowest BCUT2D eigenvalue weighted by Gasteiger charge is -2.43. The first-order valence-corrected chi connectivity index (χ1v) is 37.0. The lowest BCUT2D eigenvalue weighted by Crippen LogP contribution is -2.45. The van der Waals surface area contributed by atoms with Crippen molar-refractivity contribution in [2.75, 3.05) is 49.2 Å². The molecule has 2 aromatic carbocycles. The topological polar surface area (TPSA) is 433 Å². The number of nitrogen functional groups attached to an aromatic ring is 1. The van der Waals surface area contributed by atoms with Crippen LogP contribution in [0.15, 0.2) is 96.2 Å². The van der Waals surface area contributed by atoms with Crippen LogP contribution in [0.25, 0.3) is 22.3 Å². The standard InChI is InChI=1S/C55H72N9O21P3S3/c1-9-64-40-28-41-37(27-36(40)33(2)29-54(64,6)7)34(25-44(81-41)53(3,4)5)15-11-10-12-16-43-55(8,38-26-35(91(77,78)79)18-19-39(38)62(43)23-14-24-90(74,75)76)20-13-17-45(65)57-21-22-58-52(67)83-48-47(66)42(30-80-86(68,69)84-87(70,71)85-88(72,73)89)82-51(48)63-32-61-46-49(56)59-31-60-50(46)63/h10-12,15-16,18-19,25-29,31-32,42,47-48,51,66H,9,13-14,17,20-24,30H2,1-8H3,(H9-,56,57,58,59,60,65,67,68,69,70,71,72,73,74,75,76,77,78,79,89)/p+1/t42-,47-,48-,51-,55?/m1/s1. The predicted molar refractivity (Wildman–Crippen MR) is 337 cm³/mol. The Morgan fingerprint density at radius 3 is 2.33 bits per heavy atom. The van der Waals surface area contributed by atoms with Gasteiger partial charge in [0.2, 0.25) is 11.6 Å².